The van der Waals surface area contributed by atoms with Crippen LogP contribution in [0.25, 0.3) is 0 Å². The van der Waals surface area contributed by atoms with Gasteiger partial charge < -0.3 is 30.3 Å². The summed E-state index contributed by atoms with van der Waals surface area (Å²) in [5.41, 5.74) is -0.662. The number of benzene rings is 1. The molecule has 1 aromatic carbocycles. The van der Waals surface area contributed by atoms with E-state index in [0.717, 1.165) is 11.1 Å². The van der Waals surface area contributed by atoms with Crippen LogP contribution in [0, 0.1) is 0 Å². The van der Waals surface area contributed by atoms with E-state index in [2.05, 4.69) is 20.9 Å². The Morgan fingerprint density at radius 3 is 2.20 bits per heavy atom. The molecule has 0 saturated carbocycles. The van der Waals surface area contributed by atoms with Crippen LogP contribution in [-0.4, -0.2) is 82.6 Å². The normalized spacial score (nSPS) is 16.3. The third kappa shape index (κ3) is 9.78. The maximum Gasteiger partial charge on any atom is 0.408 e. The van der Waals surface area contributed by atoms with Crippen LogP contribution in [0.1, 0.15) is 58.6 Å². The lowest BCUT2D eigenvalue weighted by molar-refractivity contribution is -0.146. The van der Waals surface area contributed by atoms with Gasteiger partial charge in [-0.15, -0.1) is 0 Å². The Balaban J connectivity index is 1.72. The standard InChI is InChI=1S/C32H43N5O7/c1-31(2,3)44-30(42)35-23(19-22-14-10-16-33-20-22)27(39)37-17-11-15-25(37)26(38)36-32(4,5)29(41)34-24(28(40)43-6)18-21-12-8-7-9-13-21/h7-10,12-14,16,20,23-25H,11,15,17-19H2,1-6H3,(H,34,41)(H,35,42)(H,36,38)/t23-,24+,25-/m0/s1. The third-order valence-electron chi connectivity index (χ3n) is 7.07. The zero-order chi connectivity index (χ0) is 32.5. The Labute approximate surface area is 258 Å². The predicted molar refractivity (Wildman–Crippen MR) is 162 cm³/mol. The van der Waals surface area contributed by atoms with Gasteiger partial charge in [-0.25, -0.2) is 9.59 Å². The van der Waals surface area contributed by atoms with E-state index in [9.17, 15) is 24.0 Å². The van der Waals surface area contributed by atoms with Crippen LogP contribution in [0.5, 0.6) is 0 Å². The number of nitrogens with one attached hydrogen (secondary N) is 3. The van der Waals surface area contributed by atoms with Crippen molar-refractivity contribution in [2.24, 2.45) is 0 Å². The summed E-state index contributed by atoms with van der Waals surface area (Å²) in [5.74, 6) is -2.18. The van der Waals surface area contributed by atoms with Gasteiger partial charge >= 0.3 is 12.1 Å². The first-order valence-electron chi connectivity index (χ1n) is 14.6. The fraction of sp³-hybridized carbons (Fsp3) is 0.500. The number of alkyl carbamates (subject to hydrolysis) is 1. The molecule has 0 unspecified atom stereocenters. The van der Waals surface area contributed by atoms with Crippen molar-refractivity contribution in [3.8, 4) is 0 Å². The Morgan fingerprint density at radius 2 is 1.59 bits per heavy atom. The Morgan fingerprint density at radius 1 is 0.932 bits per heavy atom. The lowest BCUT2D eigenvalue weighted by Crippen LogP contribution is -2.61. The van der Waals surface area contributed by atoms with E-state index in [1.54, 1.807) is 45.3 Å². The van der Waals surface area contributed by atoms with Crippen LogP contribution in [0.15, 0.2) is 54.9 Å². The first-order chi connectivity index (χ1) is 20.7. The largest absolute Gasteiger partial charge is 0.467 e. The Hall–Kier alpha value is -4.48. The van der Waals surface area contributed by atoms with Crippen molar-refractivity contribution >= 4 is 29.8 Å². The number of amides is 4. The zero-order valence-electron chi connectivity index (χ0n) is 26.2. The molecule has 12 heteroatoms. The number of pyridine rings is 1. The molecule has 44 heavy (non-hydrogen) atoms. The maximum atomic E-state index is 13.8. The van der Waals surface area contributed by atoms with Gasteiger partial charge in [0.1, 0.15) is 29.3 Å². The Bertz CT molecular complexity index is 1310. The molecular weight excluding hydrogens is 566 g/mol. The van der Waals surface area contributed by atoms with Gasteiger partial charge in [0.25, 0.3) is 0 Å². The van der Waals surface area contributed by atoms with Crippen LogP contribution in [0.2, 0.25) is 0 Å². The smallest absolute Gasteiger partial charge is 0.408 e. The highest BCUT2D eigenvalue weighted by Crippen LogP contribution is 2.21. The number of ether oxygens (including phenoxy) is 2. The highest BCUT2D eigenvalue weighted by molar-refractivity contribution is 5.96. The topological polar surface area (TPSA) is 156 Å². The van der Waals surface area contributed by atoms with Gasteiger partial charge in [-0.2, -0.15) is 0 Å². The van der Waals surface area contributed by atoms with E-state index in [1.165, 1.54) is 25.9 Å². The molecular formula is C32H43N5O7. The van der Waals surface area contributed by atoms with Crippen LogP contribution >= 0.6 is 0 Å². The number of hydrogen-bond acceptors (Lipinski definition) is 8. The number of likely N-dealkylation sites (tertiary alicyclic amines) is 1. The molecule has 1 aromatic heterocycles. The highest BCUT2D eigenvalue weighted by atomic mass is 16.6. The Kier molecular flexibility index (Phi) is 11.4. The number of aromatic nitrogens is 1. The van der Waals surface area contributed by atoms with Gasteiger partial charge in [-0.1, -0.05) is 36.4 Å². The van der Waals surface area contributed by atoms with Gasteiger partial charge in [0, 0.05) is 31.8 Å². The second-order valence-corrected chi connectivity index (χ2v) is 12.3. The molecule has 4 amide bonds. The van der Waals surface area contributed by atoms with Crippen LogP contribution < -0.4 is 16.0 Å². The number of nitrogens with zero attached hydrogens (tertiary/aromatic N) is 2. The van der Waals surface area contributed by atoms with Gasteiger partial charge in [0.2, 0.25) is 17.7 Å². The molecule has 3 atom stereocenters. The summed E-state index contributed by atoms with van der Waals surface area (Å²) in [4.78, 5) is 71.3. The second kappa shape index (κ2) is 14.8. The number of rotatable bonds is 11. The summed E-state index contributed by atoms with van der Waals surface area (Å²) < 4.78 is 10.3. The van der Waals surface area contributed by atoms with Crippen molar-refractivity contribution in [3.05, 3.63) is 66.0 Å². The summed E-state index contributed by atoms with van der Waals surface area (Å²) in [6.07, 6.45) is 3.73. The molecule has 12 nitrogen and oxygen atoms in total. The number of carbonyl (C=O) groups is 5. The van der Waals surface area contributed by atoms with Crippen LogP contribution in [0.4, 0.5) is 4.79 Å². The van der Waals surface area contributed by atoms with E-state index in [1.807, 2.05) is 30.3 Å². The minimum absolute atomic E-state index is 0.140. The van der Waals surface area contributed by atoms with Crippen molar-refractivity contribution in [1.82, 2.24) is 25.8 Å². The molecule has 1 fully saturated rings. The summed E-state index contributed by atoms with van der Waals surface area (Å²) >= 11 is 0. The fourth-order valence-electron chi connectivity index (χ4n) is 4.88. The predicted octanol–water partition coefficient (Wildman–Crippen LogP) is 2.30. The summed E-state index contributed by atoms with van der Waals surface area (Å²) in [7, 11) is 1.24. The quantitative estimate of drug-likeness (QED) is 0.328. The fourth-order valence-corrected chi connectivity index (χ4v) is 4.88. The third-order valence-corrected chi connectivity index (χ3v) is 7.07. The lowest BCUT2D eigenvalue weighted by Gasteiger charge is -2.32. The highest BCUT2D eigenvalue weighted by Gasteiger charge is 2.41. The van der Waals surface area contributed by atoms with Crippen molar-refractivity contribution in [3.63, 3.8) is 0 Å². The molecule has 2 heterocycles. The summed E-state index contributed by atoms with van der Waals surface area (Å²) in [6.45, 7) is 8.50. The molecule has 0 aliphatic carbocycles. The molecule has 0 spiro atoms. The molecule has 3 N–H and O–H groups in total. The first kappa shape index (κ1) is 34.0. The maximum absolute atomic E-state index is 13.8. The summed E-state index contributed by atoms with van der Waals surface area (Å²) in [5, 5.41) is 8.11. The monoisotopic (exact) mass is 609 g/mol. The van der Waals surface area contributed by atoms with Crippen LogP contribution in [-0.2, 0) is 41.5 Å². The molecule has 0 bridgehead atoms. The van der Waals surface area contributed by atoms with Gasteiger partial charge in [0.05, 0.1) is 7.11 Å². The average molecular weight is 610 g/mol. The average Bonchev–Trinajstić information content (AvgIpc) is 3.46. The second-order valence-electron chi connectivity index (χ2n) is 12.3. The van der Waals surface area contributed by atoms with Crippen molar-refractivity contribution < 1.29 is 33.4 Å². The van der Waals surface area contributed by atoms with Gasteiger partial charge in [-0.05, 0) is 64.7 Å². The minimum Gasteiger partial charge on any atom is -0.467 e. The van der Waals surface area contributed by atoms with Gasteiger partial charge in [0.15, 0.2) is 0 Å². The molecule has 1 aliphatic rings. The van der Waals surface area contributed by atoms with E-state index in [4.69, 9.17) is 9.47 Å². The van der Waals surface area contributed by atoms with E-state index >= 15 is 0 Å². The minimum atomic E-state index is -1.43. The van der Waals surface area contributed by atoms with E-state index < -0.39 is 59.0 Å². The molecule has 238 valence electrons. The molecule has 3 rings (SSSR count). The van der Waals surface area contributed by atoms with E-state index in [-0.39, 0.29) is 12.8 Å². The zero-order valence-corrected chi connectivity index (χ0v) is 26.2. The number of hydrogen-bond donors (Lipinski definition) is 3. The lowest BCUT2D eigenvalue weighted by atomic mass is 10.00. The molecule has 0 radical (unpaired) electrons. The van der Waals surface area contributed by atoms with Crippen molar-refractivity contribution in [2.45, 2.75) is 89.6 Å². The number of carbonyl (C=O) groups excluding carboxylic acids is 5. The number of methoxy groups -OCH3 is 1. The van der Waals surface area contributed by atoms with Crippen molar-refractivity contribution in [2.75, 3.05) is 13.7 Å². The first-order valence-corrected chi connectivity index (χ1v) is 14.6. The van der Waals surface area contributed by atoms with Crippen LogP contribution in [0.3, 0.4) is 0 Å². The molecule has 2 aromatic rings. The SMILES string of the molecule is COC(=O)[C@@H](Cc1ccccc1)NC(=O)C(C)(C)NC(=O)[C@@H]1CCCN1C(=O)[C@H](Cc1cccnc1)NC(=O)OC(C)(C)C. The summed E-state index contributed by atoms with van der Waals surface area (Å²) in [6, 6.07) is 9.84. The molecule has 1 saturated heterocycles. The van der Waals surface area contributed by atoms with Gasteiger partial charge in [-0.3, -0.25) is 19.4 Å². The van der Waals surface area contributed by atoms with Crippen molar-refractivity contribution in [1.29, 1.82) is 0 Å². The molecule has 1 aliphatic heterocycles. The van der Waals surface area contributed by atoms with E-state index in [0.29, 0.717) is 19.4 Å². The number of esters is 1.